The number of amides is 1. The predicted octanol–water partition coefficient (Wildman–Crippen LogP) is 3.65. The number of hydrogen-bond acceptors (Lipinski definition) is 8. The molecule has 1 amide bonds. The van der Waals surface area contributed by atoms with E-state index in [4.69, 9.17) is 14.6 Å². The zero-order chi connectivity index (χ0) is 26.0. The quantitative estimate of drug-likeness (QED) is 0.175. The van der Waals surface area contributed by atoms with Crippen molar-refractivity contribution in [2.24, 2.45) is 5.10 Å². The van der Waals surface area contributed by atoms with Crippen LogP contribution in [0, 0.1) is 0 Å². The molecule has 2 N–H and O–H groups in total. The van der Waals surface area contributed by atoms with Crippen LogP contribution in [0.2, 0.25) is 0 Å². The molecule has 4 aromatic rings. The summed E-state index contributed by atoms with van der Waals surface area (Å²) in [5, 5.41) is 22.0. The van der Waals surface area contributed by atoms with E-state index in [2.05, 4.69) is 20.7 Å². The monoisotopic (exact) mass is 517 g/mol. The number of carboxylic acid groups (broad SMARTS) is 1. The van der Waals surface area contributed by atoms with E-state index < -0.39 is 12.6 Å². The molecule has 0 saturated heterocycles. The Morgan fingerprint density at radius 1 is 1.03 bits per heavy atom. The number of carbonyl (C=O) groups is 2. The summed E-state index contributed by atoms with van der Waals surface area (Å²) >= 11 is 1.22. The Balaban J connectivity index is 1.45. The number of nitrogens with zero attached hydrogens (tertiary/aromatic N) is 4. The summed E-state index contributed by atoms with van der Waals surface area (Å²) in [5.74, 6) is 0.320. The van der Waals surface area contributed by atoms with E-state index in [1.807, 2.05) is 59.2 Å². The number of carbonyl (C=O) groups excluding carboxylic acids is 1. The van der Waals surface area contributed by atoms with Crippen LogP contribution >= 0.6 is 11.8 Å². The fourth-order valence-corrected chi connectivity index (χ4v) is 4.04. The van der Waals surface area contributed by atoms with Gasteiger partial charge in [-0.3, -0.25) is 9.36 Å². The number of benzene rings is 3. The van der Waals surface area contributed by atoms with Crippen molar-refractivity contribution in [1.82, 2.24) is 20.2 Å². The van der Waals surface area contributed by atoms with E-state index >= 15 is 0 Å². The van der Waals surface area contributed by atoms with Crippen LogP contribution in [0.15, 0.2) is 89.1 Å². The number of hydrazone groups is 1. The van der Waals surface area contributed by atoms with Gasteiger partial charge in [0.15, 0.2) is 17.6 Å². The SMILES string of the molecule is COc1ccc(-c2nnc(SCC(=O)NN=Cc3ccccc3OCC(=O)O)n2-c2ccccc2)cc1. The summed E-state index contributed by atoms with van der Waals surface area (Å²) in [6.45, 7) is -0.478. The summed E-state index contributed by atoms with van der Waals surface area (Å²) < 4.78 is 12.4. The minimum atomic E-state index is -1.09. The number of thioether (sulfide) groups is 1. The van der Waals surface area contributed by atoms with Gasteiger partial charge in [-0.05, 0) is 48.5 Å². The molecule has 0 aliphatic rings. The van der Waals surface area contributed by atoms with E-state index in [0.29, 0.717) is 22.3 Å². The smallest absolute Gasteiger partial charge is 0.341 e. The van der Waals surface area contributed by atoms with Crippen LogP contribution in [0.4, 0.5) is 0 Å². The van der Waals surface area contributed by atoms with Crippen LogP contribution in [0.1, 0.15) is 5.56 Å². The second-order valence-electron chi connectivity index (χ2n) is 7.51. The first-order valence-electron chi connectivity index (χ1n) is 11.1. The second-order valence-corrected chi connectivity index (χ2v) is 8.45. The average Bonchev–Trinajstić information content (AvgIpc) is 3.36. The van der Waals surface area contributed by atoms with E-state index in [0.717, 1.165) is 17.0 Å². The lowest BCUT2D eigenvalue weighted by molar-refractivity contribution is -0.139. The van der Waals surface area contributed by atoms with Crippen LogP contribution < -0.4 is 14.9 Å². The van der Waals surface area contributed by atoms with Crippen molar-refractivity contribution >= 4 is 29.9 Å². The van der Waals surface area contributed by atoms with Crippen molar-refractivity contribution in [3.63, 3.8) is 0 Å². The van der Waals surface area contributed by atoms with Crippen molar-refractivity contribution in [3.8, 4) is 28.6 Å². The maximum atomic E-state index is 12.5. The molecule has 0 radical (unpaired) electrons. The Morgan fingerprint density at radius 2 is 1.76 bits per heavy atom. The van der Waals surface area contributed by atoms with Gasteiger partial charge < -0.3 is 14.6 Å². The van der Waals surface area contributed by atoms with E-state index in [-0.39, 0.29) is 11.7 Å². The van der Waals surface area contributed by atoms with E-state index in [1.54, 1.807) is 31.4 Å². The number of carboxylic acids is 1. The van der Waals surface area contributed by atoms with Crippen molar-refractivity contribution in [1.29, 1.82) is 0 Å². The fraction of sp³-hybridized carbons (Fsp3) is 0.115. The van der Waals surface area contributed by atoms with Crippen LogP contribution in [0.25, 0.3) is 17.1 Å². The number of hydrogen-bond donors (Lipinski definition) is 2. The first-order valence-corrected chi connectivity index (χ1v) is 12.1. The molecule has 0 spiro atoms. The molecule has 0 unspecified atom stereocenters. The first kappa shape index (κ1) is 25.5. The Labute approximate surface area is 217 Å². The molecule has 10 nitrogen and oxygen atoms in total. The molecule has 11 heteroatoms. The number of para-hydroxylation sites is 2. The van der Waals surface area contributed by atoms with Gasteiger partial charge in [-0.25, -0.2) is 10.2 Å². The highest BCUT2D eigenvalue weighted by Gasteiger charge is 2.17. The van der Waals surface area contributed by atoms with Gasteiger partial charge in [-0.15, -0.1) is 10.2 Å². The van der Waals surface area contributed by atoms with E-state index in [9.17, 15) is 9.59 Å². The zero-order valence-electron chi connectivity index (χ0n) is 19.8. The Morgan fingerprint density at radius 3 is 2.49 bits per heavy atom. The predicted molar refractivity (Wildman–Crippen MR) is 139 cm³/mol. The molecular formula is C26H23N5O5S. The average molecular weight is 518 g/mol. The first-order chi connectivity index (χ1) is 18.0. The lowest BCUT2D eigenvalue weighted by atomic mass is 10.2. The third kappa shape index (κ3) is 6.73. The summed E-state index contributed by atoms with van der Waals surface area (Å²) in [6, 6.07) is 23.9. The summed E-state index contributed by atoms with van der Waals surface area (Å²) in [7, 11) is 1.61. The molecule has 0 aliphatic heterocycles. The summed E-state index contributed by atoms with van der Waals surface area (Å²) in [4.78, 5) is 23.2. The highest BCUT2D eigenvalue weighted by Crippen LogP contribution is 2.29. The van der Waals surface area contributed by atoms with Gasteiger partial charge in [0, 0.05) is 16.8 Å². The molecular weight excluding hydrogens is 494 g/mol. The Kier molecular flexibility index (Phi) is 8.50. The normalized spacial score (nSPS) is 10.8. The molecule has 0 bridgehead atoms. The van der Waals surface area contributed by atoms with Gasteiger partial charge in [0.25, 0.3) is 5.91 Å². The van der Waals surface area contributed by atoms with Crippen molar-refractivity contribution < 1.29 is 24.2 Å². The highest BCUT2D eigenvalue weighted by atomic mass is 32.2. The van der Waals surface area contributed by atoms with Crippen molar-refractivity contribution in [2.75, 3.05) is 19.5 Å². The minimum Gasteiger partial charge on any atom is -0.497 e. The second kappa shape index (κ2) is 12.4. The number of aliphatic carboxylic acids is 1. The molecule has 188 valence electrons. The van der Waals surface area contributed by atoms with Gasteiger partial charge in [0.1, 0.15) is 11.5 Å². The Bertz CT molecular complexity index is 1390. The molecule has 0 fully saturated rings. The van der Waals surface area contributed by atoms with Gasteiger partial charge >= 0.3 is 5.97 Å². The largest absolute Gasteiger partial charge is 0.497 e. The lowest BCUT2D eigenvalue weighted by Crippen LogP contribution is -2.20. The lowest BCUT2D eigenvalue weighted by Gasteiger charge is -2.10. The molecule has 4 rings (SSSR count). The molecule has 1 aromatic heterocycles. The van der Waals surface area contributed by atoms with Gasteiger partial charge in [0.05, 0.1) is 19.1 Å². The van der Waals surface area contributed by atoms with Crippen LogP contribution in [0.5, 0.6) is 11.5 Å². The molecule has 0 saturated carbocycles. The van der Waals surface area contributed by atoms with Gasteiger partial charge in [-0.2, -0.15) is 5.10 Å². The third-order valence-electron chi connectivity index (χ3n) is 4.99. The summed E-state index contributed by atoms with van der Waals surface area (Å²) in [6.07, 6.45) is 1.40. The Hall–Kier alpha value is -4.64. The molecule has 0 atom stereocenters. The summed E-state index contributed by atoms with van der Waals surface area (Å²) in [5.41, 5.74) is 4.71. The fourth-order valence-electron chi connectivity index (χ4n) is 3.29. The number of rotatable bonds is 11. The zero-order valence-corrected chi connectivity index (χ0v) is 20.6. The maximum absolute atomic E-state index is 12.5. The van der Waals surface area contributed by atoms with E-state index in [1.165, 1.54) is 18.0 Å². The van der Waals surface area contributed by atoms with Crippen molar-refractivity contribution in [3.05, 3.63) is 84.4 Å². The molecule has 1 heterocycles. The van der Waals surface area contributed by atoms with Gasteiger partial charge in [0.2, 0.25) is 0 Å². The van der Waals surface area contributed by atoms with Crippen LogP contribution in [-0.4, -0.2) is 57.4 Å². The third-order valence-corrected chi connectivity index (χ3v) is 5.92. The van der Waals surface area contributed by atoms with Crippen LogP contribution in [0.3, 0.4) is 0 Å². The number of aromatic nitrogens is 3. The number of nitrogens with one attached hydrogen (secondary N) is 1. The standard InChI is InChI=1S/C26H23N5O5S/c1-35-21-13-11-18(12-14-21)25-29-30-26(31(25)20-8-3-2-4-9-20)37-17-23(32)28-27-15-19-7-5-6-10-22(19)36-16-24(33)34/h2-15H,16-17H2,1H3,(H,28,32)(H,33,34). The number of methoxy groups -OCH3 is 1. The topological polar surface area (TPSA) is 128 Å². The molecule has 0 aliphatic carbocycles. The van der Waals surface area contributed by atoms with Gasteiger partial charge in [-0.1, -0.05) is 42.1 Å². The highest BCUT2D eigenvalue weighted by molar-refractivity contribution is 7.99. The molecule has 37 heavy (non-hydrogen) atoms. The van der Waals surface area contributed by atoms with Crippen LogP contribution in [-0.2, 0) is 9.59 Å². The maximum Gasteiger partial charge on any atom is 0.341 e. The molecule has 3 aromatic carbocycles. The number of ether oxygens (including phenoxy) is 2. The van der Waals surface area contributed by atoms with Crippen molar-refractivity contribution in [2.45, 2.75) is 5.16 Å². The minimum absolute atomic E-state index is 0.0437.